The van der Waals surface area contributed by atoms with E-state index in [1.165, 1.54) is 7.11 Å². The number of amides is 1. The summed E-state index contributed by atoms with van der Waals surface area (Å²) in [7, 11) is 1.34. The molecule has 1 saturated heterocycles. The van der Waals surface area contributed by atoms with Crippen molar-refractivity contribution in [3.63, 3.8) is 0 Å². The van der Waals surface area contributed by atoms with Crippen LogP contribution in [0.3, 0.4) is 0 Å². The Kier molecular flexibility index (Phi) is 4.30. The molecule has 0 aromatic carbocycles. The van der Waals surface area contributed by atoms with Crippen molar-refractivity contribution in [2.24, 2.45) is 23.7 Å². The Morgan fingerprint density at radius 3 is 2.45 bits per heavy atom. The van der Waals surface area contributed by atoms with Gasteiger partial charge in [0.1, 0.15) is 0 Å². The average Bonchev–Trinajstić information content (AvgIpc) is 3.03. The van der Waals surface area contributed by atoms with Gasteiger partial charge in [-0.15, -0.1) is 0 Å². The van der Waals surface area contributed by atoms with E-state index in [-0.39, 0.29) is 23.7 Å². The third-order valence-corrected chi connectivity index (χ3v) is 4.47. The summed E-state index contributed by atoms with van der Waals surface area (Å²) in [6, 6.07) is 0. The highest BCUT2D eigenvalue weighted by Gasteiger charge is 2.44. The highest BCUT2D eigenvalue weighted by molar-refractivity contribution is 5.86. The van der Waals surface area contributed by atoms with Crippen molar-refractivity contribution in [1.29, 1.82) is 0 Å². The van der Waals surface area contributed by atoms with Crippen LogP contribution in [0.1, 0.15) is 26.2 Å². The monoisotopic (exact) mass is 283 g/mol. The molecule has 4 atom stereocenters. The minimum absolute atomic E-state index is 0.117. The fraction of sp³-hybridized carbons (Fsp3) is 0.786. The summed E-state index contributed by atoms with van der Waals surface area (Å²) in [5, 5.41) is 9.23. The molecular weight excluding hydrogens is 262 g/mol. The second-order valence-corrected chi connectivity index (χ2v) is 5.92. The number of carboxylic acids is 1. The molecule has 0 bridgehead atoms. The second-order valence-electron chi connectivity index (χ2n) is 5.92. The van der Waals surface area contributed by atoms with Crippen LogP contribution in [-0.4, -0.2) is 48.1 Å². The van der Waals surface area contributed by atoms with Crippen molar-refractivity contribution in [1.82, 2.24) is 4.90 Å². The first-order valence-electron chi connectivity index (χ1n) is 7.03. The molecule has 0 spiro atoms. The molecule has 6 heteroatoms. The molecule has 1 saturated carbocycles. The minimum atomic E-state index is -0.892. The van der Waals surface area contributed by atoms with Gasteiger partial charge in [-0.25, -0.2) is 0 Å². The average molecular weight is 283 g/mol. The lowest BCUT2D eigenvalue weighted by Gasteiger charge is -2.23. The third kappa shape index (κ3) is 2.78. The Morgan fingerprint density at radius 2 is 1.85 bits per heavy atom. The van der Waals surface area contributed by atoms with Crippen molar-refractivity contribution in [3.05, 3.63) is 0 Å². The first-order chi connectivity index (χ1) is 9.43. The maximum Gasteiger partial charge on any atom is 0.310 e. The van der Waals surface area contributed by atoms with E-state index in [9.17, 15) is 19.5 Å². The number of carboxylic acid groups (broad SMARTS) is 1. The van der Waals surface area contributed by atoms with Crippen molar-refractivity contribution in [2.75, 3.05) is 20.2 Å². The van der Waals surface area contributed by atoms with Gasteiger partial charge in [-0.1, -0.05) is 6.92 Å². The Balaban J connectivity index is 2.01. The van der Waals surface area contributed by atoms with E-state index in [1.54, 1.807) is 4.90 Å². The Morgan fingerprint density at radius 1 is 1.20 bits per heavy atom. The Labute approximate surface area is 118 Å². The molecular formula is C14H21NO5. The molecule has 1 aliphatic carbocycles. The molecule has 1 heterocycles. The molecule has 1 amide bonds. The number of aliphatic carboxylic acids is 1. The zero-order valence-electron chi connectivity index (χ0n) is 11.9. The number of methoxy groups -OCH3 is 1. The van der Waals surface area contributed by atoms with E-state index >= 15 is 0 Å². The van der Waals surface area contributed by atoms with E-state index in [0.29, 0.717) is 32.4 Å². The fourth-order valence-corrected chi connectivity index (χ4v) is 3.39. The number of carbonyl (C=O) groups is 3. The molecule has 20 heavy (non-hydrogen) atoms. The van der Waals surface area contributed by atoms with Crippen molar-refractivity contribution in [3.8, 4) is 0 Å². The summed E-state index contributed by atoms with van der Waals surface area (Å²) in [5.74, 6) is -2.36. The fourth-order valence-electron chi connectivity index (χ4n) is 3.39. The highest BCUT2D eigenvalue weighted by Crippen LogP contribution is 2.38. The van der Waals surface area contributed by atoms with Gasteiger partial charge < -0.3 is 14.7 Å². The summed E-state index contributed by atoms with van der Waals surface area (Å²) >= 11 is 0. The number of esters is 1. The number of carbonyl (C=O) groups excluding carboxylic acids is 2. The molecule has 2 rings (SSSR count). The van der Waals surface area contributed by atoms with Crippen LogP contribution in [0.2, 0.25) is 0 Å². The summed E-state index contributed by atoms with van der Waals surface area (Å²) in [6.07, 6.45) is 1.77. The van der Waals surface area contributed by atoms with Crippen LogP contribution in [0.15, 0.2) is 0 Å². The predicted octanol–water partition coefficient (Wildman–Crippen LogP) is 0.755. The van der Waals surface area contributed by atoms with Gasteiger partial charge in [0.15, 0.2) is 0 Å². The van der Waals surface area contributed by atoms with E-state index < -0.39 is 17.8 Å². The van der Waals surface area contributed by atoms with E-state index in [2.05, 4.69) is 0 Å². The predicted molar refractivity (Wildman–Crippen MR) is 69.7 cm³/mol. The molecule has 0 radical (unpaired) electrons. The SMILES string of the molecule is COC(=O)C1CCN(C(=O)C2CC(C)CC2C(=O)O)C1. The molecule has 112 valence electrons. The summed E-state index contributed by atoms with van der Waals surface area (Å²) < 4.78 is 4.69. The van der Waals surface area contributed by atoms with E-state index in [0.717, 1.165) is 0 Å². The number of rotatable bonds is 3. The molecule has 1 aliphatic heterocycles. The number of ether oxygens (including phenoxy) is 1. The maximum absolute atomic E-state index is 12.5. The van der Waals surface area contributed by atoms with Crippen LogP contribution < -0.4 is 0 Å². The second kappa shape index (κ2) is 5.81. The van der Waals surface area contributed by atoms with Gasteiger partial charge in [0, 0.05) is 13.1 Å². The van der Waals surface area contributed by atoms with Gasteiger partial charge in [-0.05, 0) is 25.2 Å². The molecule has 2 aliphatic rings. The minimum Gasteiger partial charge on any atom is -0.481 e. The smallest absolute Gasteiger partial charge is 0.310 e. The van der Waals surface area contributed by atoms with Gasteiger partial charge in [0.25, 0.3) is 0 Å². The summed E-state index contributed by atoms with van der Waals surface area (Å²) in [5.41, 5.74) is 0. The van der Waals surface area contributed by atoms with E-state index in [1.807, 2.05) is 6.92 Å². The molecule has 2 fully saturated rings. The standard InChI is InChI=1S/C14H21NO5/c1-8-5-10(11(6-8)13(17)18)12(16)15-4-3-9(7-15)14(19)20-2/h8-11H,3-7H2,1-2H3,(H,17,18). The summed E-state index contributed by atoms with van der Waals surface area (Å²) in [6.45, 7) is 2.84. The van der Waals surface area contributed by atoms with Crippen LogP contribution in [0.4, 0.5) is 0 Å². The third-order valence-electron chi connectivity index (χ3n) is 4.47. The van der Waals surface area contributed by atoms with Crippen molar-refractivity contribution < 1.29 is 24.2 Å². The van der Waals surface area contributed by atoms with Crippen molar-refractivity contribution >= 4 is 17.8 Å². The first kappa shape index (κ1) is 14.8. The quantitative estimate of drug-likeness (QED) is 0.773. The lowest BCUT2D eigenvalue weighted by Crippen LogP contribution is -2.38. The number of nitrogens with zero attached hydrogens (tertiary/aromatic N) is 1. The normalized spacial score (nSPS) is 33.2. The van der Waals surface area contributed by atoms with Crippen LogP contribution >= 0.6 is 0 Å². The molecule has 4 unspecified atom stereocenters. The van der Waals surface area contributed by atoms with Crippen LogP contribution in [-0.2, 0) is 19.1 Å². The maximum atomic E-state index is 12.5. The topological polar surface area (TPSA) is 83.9 Å². The zero-order valence-corrected chi connectivity index (χ0v) is 11.9. The van der Waals surface area contributed by atoms with Gasteiger partial charge >= 0.3 is 11.9 Å². The molecule has 1 N–H and O–H groups in total. The molecule has 0 aromatic heterocycles. The number of hydrogen-bond donors (Lipinski definition) is 1. The van der Waals surface area contributed by atoms with Gasteiger partial charge in [-0.3, -0.25) is 14.4 Å². The van der Waals surface area contributed by atoms with Gasteiger partial charge in [0.05, 0.1) is 24.9 Å². The molecule has 6 nitrogen and oxygen atoms in total. The summed E-state index contributed by atoms with van der Waals surface area (Å²) in [4.78, 5) is 36.8. The molecule has 0 aromatic rings. The Hall–Kier alpha value is -1.59. The van der Waals surface area contributed by atoms with Crippen LogP contribution in [0.5, 0.6) is 0 Å². The van der Waals surface area contributed by atoms with Gasteiger partial charge in [-0.2, -0.15) is 0 Å². The first-order valence-corrected chi connectivity index (χ1v) is 7.03. The number of hydrogen-bond acceptors (Lipinski definition) is 4. The van der Waals surface area contributed by atoms with Crippen LogP contribution in [0, 0.1) is 23.7 Å². The van der Waals surface area contributed by atoms with E-state index in [4.69, 9.17) is 4.74 Å². The lowest BCUT2D eigenvalue weighted by atomic mass is 9.95. The van der Waals surface area contributed by atoms with Crippen LogP contribution in [0.25, 0.3) is 0 Å². The largest absolute Gasteiger partial charge is 0.481 e. The highest BCUT2D eigenvalue weighted by atomic mass is 16.5. The zero-order chi connectivity index (χ0) is 14.9. The van der Waals surface area contributed by atoms with Crippen molar-refractivity contribution in [2.45, 2.75) is 26.2 Å². The lowest BCUT2D eigenvalue weighted by molar-refractivity contribution is -0.149. The number of likely N-dealkylation sites (tertiary alicyclic amines) is 1. The van der Waals surface area contributed by atoms with Gasteiger partial charge in [0.2, 0.25) is 5.91 Å². The Bertz CT molecular complexity index is 422.